The molecule has 0 radical (unpaired) electrons. The zero-order chi connectivity index (χ0) is 9.42. The van der Waals surface area contributed by atoms with Crippen molar-refractivity contribution in [2.24, 2.45) is 0 Å². The van der Waals surface area contributed by atoms with Crippen molar-refractivity contribution in [1.29, 1.82) is 0 Å². The fourth-order valence-electron chi connectivity index (χ4n) is 1.50. The van der Waals surface area contributed by atoms with Crippen LogP contribution >= 0.6 is 0 Å². The molecule has 68 valence electrons. The molecule has 4 heteroatoms. The molecule has 1 amide bonds. The molecule has 1 aromatic rings. The molecule has 0 atom stereocenters. The number of rotatable bonds is 0. The van der Waals surface area contributed by atoms with Gasteiger partial charge in [0.15, 0.2) is 0 Å². The van der Waals surface area contributed by atoms with Crippen LogP contribution in [0.5, 0.6) is 0 Å². The predicted molar refractivity (Wildman–Crippen MR) is 45.9 cm³/mol. The highest BCUT2D eigenvalue weighted by atomic mass is 19.1. The molecule has 1 aliphatic heterocycles. The van der Waals surface area contributed by atoms with Gasteiger partial charge in [-0.1, -0.05) is 0 Å². The molecule has 0 aromatic carbocycles. The van der Waals surface area contributed by atoms with E-state index in [2.05, 4.69) is 4.98 Å². The normalized spacial score (nSPS) is 15.8. The molecule has 13 heavy (non-hydrogen) atoms. The summed E-state index contributed by atoms with van der Waals surface area (Å²) in [5.74, 6) is 0.172. The van der Waals surface area contributed by atoms with E-state index < -0.39 is 0 Å². The molecular formula is C9H9FN2O. The van der Waals surface area contributed by atoms with Gasteiger partial charge in [0.25, 0.3) is 0 Å². The molecule has 0 aliphatic carbocycles. The Morgan fingerprint density at radius 3 is 3.08 bits per heavy atom. The highest BCUT2D eigenvalue weighted by Gasteiger charge is 2.23. The molecule has 2 heterocycles. The van der Waals surface area contributed by atoms with E-state index in [1.54, 1.807) is 7.05 Å². The van der Waals surface area contributed by atoms with Gasteiger partial charge in [0.2, 0.25) is 5.91 Å². The summed E-state index contributed by atoms with van der Waals surface area (Å²) in [7, 11) is 1.62. The minimum absolute atomic E-state index is 0.00870. The third-order valence-corrected chi connectivity index (χ3v) is 2.26. The molecule has 0 saturated carbocycles. The van der Waals surface area contributed by atoms with Gasteiger partial charge in [0.1, 0.15) is 11.6 Å². The van der Waals surface area contributed by atoms with E-state index in [0.29, 0.717) is 24.2 Å². The van der Waals surface area contributed by atoms with E-state index in [1.807, 2.05) is 0 Å². The Bertz CT molecular complexity index is 365. The first-order chi connectivity index (χ1) is 6.20. The van der Waals surface area contributed by atoms with Gasteiger partial charge in [0.05, 0.1) is 0 Å². The van der Waals surface area contributed by atoms with Crippen LogP contribution in [0.2, 0.25) is 0 Å². The number of halogens is 1. The maximum absolute atomic E-state index is 13.2. The molecule has 0 N–H and O–H groups in total. The highest BCUT2D eigenvalue weighted by Crippen LogP contribution is 2.25. The molecule has 0 spiro atoms. The maximum atomic E-state index is 13.2. The van der Waals surface area contributed by atoms with Gasteiger partial charge in [0, 0.05) is 25.2 Å². The van der Waals surface area contributed by atoms with Gasteiger partial charge in [-0.2, -0.15) is 0 Å². The monoisotopic (exact) mass is 180 g/mol. The average Bonchev–Trinajstić information content (AvgIpc) is 2.12. The lowest BCUT2D eigenvalue weighted by Crippen LogP contribution is -2.32. The molecule has 0 bridgehead atoms. The Balaban J connectivity index is 2.55. The Morgan fingerprint density at radius 1 is 1.54 bits per heavy atom. The number of anilines is 1. The smallest absolute Gasteiger partial charge is 0.228 e. The zero-order valence-electron chi connectivity index (χ0n) is 7.25. The number of fused-ring (bicyclic) bond motifs is 1. The molecule has 3 nitrogen and oxygen atoms in total. The summed E-state index contributed by atoms with van der Waals surface area (Å²) in [6.45, 7) is 0. The molecule has 0 fully saturated rings. The van der Waals surface area contributed by atoms with Crippen LogP contribution in [-0.4, -0.2) is 17.9 Å². The Labute approximate surface area is 75.2 Å². The van der Waals surface area contributed by atoms with E-state index in [9.17, 15) is 9.18 Å². The van der Waals surface area contributed by atoms with Crippen LogP contribution in [0.1, 0.15) is 12.0 Å². The van der Waals surface area contributed by atoms with Crippen molar-refractivity contribution in [2.75, 3.05) is 11.9 Å². The van der Waals surface area contributed by atoms with Crippen LogP contribution < -0.4 is 4.90 Å². The number of carbonyl (C=O) groups excluding carboxylic acids is 1. The number of carbonyl (C=O) groups is 1. The Morgan fingerprint density at radius 2 is 2.31 bits per heavy atom. The molecular weight excluding hydrogens is 171 g/mol. The van der Waals surface area contributed by atoms with Gasteiger partial charge in [-0.15, -0.1) is 0 Å². The largest absolute Gasteiger partial charge is 0.300 e. The summed E-state index contributed by atoms with van der Waals surface area (Å²) in [6, 6.07) is 1.32. The predicted octanol–water partition coefficient (Wildman–Crippen LogP) is 1.13. The summed E-state index contributed by atoms with van der Waals surface area (Å²) in [5, 5.41) is 0. The number of hydrogen-bond acceptors (Lipinski definition) is 2. The highest BCUT2D eigenvalue weighted by molar-refractivity contribution is 5.94. The van der Waals surface area contributed by atoms with E-state index in [1.165, 1.54) is 17.2 Å². The molecule has 0 unspecified atom stereocenters. The first-order valence-corrected chi connectivity index (χ1v) is 4.10. The molecule has 0 saturated heterocycles. The first-order valence-electron chi connectivity index (χ1n) is 4.10. The van der Waals surface area contributed by atoms with Crippen LogP contribution in [0, 0.1) is 5.82 Å². The second kappa shape index (κ2) is 2.80. The first kappa shape index (κ1) is 8.16. The number of pyridine rings is 1. The maximum Gasteiger partial charge on any atom is 0.228 e. The van der Waals surface area contributed by atoms with Crippen molar-refractivity contribution in [3.05, 3.63) is 23.6 Å². The van der Waals surface area contributed by atoms with E-state index in [4.69, 9.17) is 0 Å². The van der Waals surface area contributed by atoms with Crippen LogP contribution in [0.25, 0.3) is 0 Å². The average molecular weight is 180 g/mol. The minimum atomic E-state index is -0.274. The van der Waals surface area contributed by atoms with Crippen molar-refractivity contribution < 1.29 is 9.18 Å². The summed E-state index contributed by atoms with van der Waals surface area (Å²) in [5.41, 5.74) is 0.546. The van der Waals surface area contributed by atoms with Gasteiger partial charge >= 0.3 is 0 Å². The third kappa shape index (κ3) is 1.18. The van der Waals surface area contributed by atoms with Crippen LogP contribution in [0.15, 0.2) is 12.3 Å². The van der Waals surface area contributed by atoms with Crippen molar-refractivity contribution in [1.82, 2.24) is 4.98 Å². The topological polar surface area (TPSA) is 33.2 Å². The summed E-state index contributed by atoms with van der Waals surface area (Å²) in [4.78, 5) is 16.6. The zero-order valence-corrected chi connectivity index (χ0v) is 7.25. The standard InChI is InChI=1S/C9H9FN2O/c1-12-8(13)3-2-6-7(10)4-5-11-9(6)12/h4-5H,2-3H2,1H3. The van der Waals surface area contributed by atoms with Gasteiger partial charge in [-0.05, 0) is 12.5 Å². The summed E-state index contributed by atoms with van der Waals surface area (Å²) in [6.07, 6.45) is 2.20. The van der Waals surface area contributed by atoms with Gasteiger partial charge in [-0.25, -0.2) is 9.37 Å². The summed E-state index contributed by atoms with van der Waals surface area (Å²) >= 11 is 0. The fourth-order valence-corrected chi connectivity index (χ4v) is 1.50. The number of hydrogen-bond donors (Lipinski definition) is 0. The number of nitrogens with zero attached hydrogens (tertiary/aromatic N) is 2. The van der Waals surface area contributed by atoms with E-state index in [0.717, 1.165) is 0 Å². The van der Waals surface area contributed by atoms with E-state index >= 15 is 0 Å². The second-order valence-corrected chi connectivity index (χ2v) is 3.05. The molecule has 1 aliphatic rings. The SMILES string of the molecule is CN1C(=O)CCc2c(F)ccnc21. The molecule has 2 rings (SSSR count). The number of amides is 1. The Kier molecular flexibility index (Phi) is 1.76. The van der Waals surface area contributed by atoms with Crippen molar-refractivity contribution in [3.63, 3.8) is 0 Å². The van der Waals surface area contributed by atoms with Crippen LogP contribution in [0.4, 0.5) is 10.2 Å². The minimum Gasteiger partial charge on any atom is -0.300 e. The van der Waals surface area contributed by atoms with Crippen LogP contribution in [0.3, 0.4) is 0 Å². The lowest BCUT2D eigenvalue weighted by Gasteiger charge is -2.24. The Hall–Kier alpha value is -1.45. The van der Waals surface area contributed by atoms with Gasteiger partial charge in [-0.3, -0.25) is 9.69 Å². The second-order valence-electron chi connectivity index (χ2n) is 3.05. The summed E-state index contributed by atoms with van der Waals surface area (Å²) < 4.78 is 13.2. The van der Waals surface area contributed by atoms with Crippen molar-refractivity contribution >= 4 is 11.7 Å². The quantitative estimate of drug-likeness (QED) is 0.599. The van der Waals surface area contributed by atoms with Crippen molar-refractivity contribution in [3.8, 4) is 0 Å². The molecule has 1 aromatic heterocycles. The van der Waals surface area contributed by atoms with Crippen LogP contribution in [-0.2, 0) is 11.2 Å². The van der Waals surface area contributed by atoms with E-state index in [-0.39, 0.29) is 11.7 Å². The lowest BCUT2D eigenvalue weighted by molar-refractivity contribution is -0.118. The fraction of sp³-hybridized carbons (Fsp3) is 0.333. The number of aromatic nitrogens is 1. The third-order valence-electron chi connectivity index (χ3n) is 2.26. The lowest BCUT2D eigenvalue weighted by atomic mass is 10.1. The van der Waals surface area contributed by atoms with Crippen molar-refractivity contribution in [2.45, 2.75) is 12.8 Å². The van der Waals surface area contributed by atoms with Gasteiger partial charge < -0.3 is 0 Å².